The Hall–Kier alpha value is -4.63. The van der Waals surface area contributed by atoms with Crippen LogP contribution in [0.25, 0.3) is 22.3 Å². The number of nitrogens with zero attached hydrogens (tertiary/aromatic N) is 3. The predicted molar refractivity (Wildman–Crippen MR) is 184 cm³/mol. The van der Waals surface area contributed by atoms with Gasteiger partial charge in [-0.1, -0.05) is 84.9 Å². The molecule has 0 unspecified atom stereocenters. The van der Waals surface area contributed by atoms with Gasteiger partial charge in [-0.15, -0.1) is 0 Å². The fourth-order valence-electron chi connectivity index (χ4n) is 6.49. The average Bonchev–Trinajstić information content (AvgIpc) is 3.52. The molecule has 1 aromatic heterocycles. The zero-order valence-corrected chi connectivity index (χ0v) is 27.0. The Morgan fingerprint density at radius 1 is 0.809 bits per heavy atom. The summed E-state index contributed by atoms with van der Waals surface area (Å²) in [5.74, 6) is -0.818. The van der Waals surface area contributed by atoms with Crippen LogP contribution in [0.3, 0.4) is 0 Å². The molecule has 2 aliphatic rings. The van der Waals surface area contributed by atoms with Crippen molar-refractivity contribution in [3.05, 3.63) is 124 Å². The standard InChI is InChI=1S/C39H41N3O5/c1-40(22-25-42-26-23-41(2)24-27-42)21-9-10-28-15-17-29(18-16-28)36-35(44)34(43)32-19-20-33-38(37(32)45-36)47-39(46-33,30-11-5-3-6-12-30)31-13-7-4-8-14-31/h3-8,11-20,44H,9-10,21-27H2,1-2H3. The van der Waals surface area contributed by atoms with Gasteiger partial charge in [-0.3, -0.25) is 9.69 Å². The third-order valence-electron chi connectivity index (χ3n) is 9.38. The fraction of sp³-hybridized carbons (Fsp3) is 0.308. The second-order valence-electron chi connectivity index (χ2n) is 12.7. The van der Waals surface area contributed by atoms with Crippen LogP contribution in [0.2, 0.25) is 0 Å². The van der Waals surface area contributed by atoms with Crippen LogP contribution < -0.4 is 14.9 Å². The van der Waals surface area contributed by atoms with Crippen LogP contribution in [0, 0.1) is 0 Å². The summed E-state index contributed by atoms with van der Waals surface area (Å²) >= 11 is 0. The number of rotatable bonds is 10. The van der Waals surface area contributed by atoms with Crippen molar-refractivity contribution in [2.24, 2.45) is 0 Å². The molecule has 0 aliphatic carbocycles. The highest BCUT2D eigenvalue weighted by atomic mass is 16.7. The van der Waals surface area contributed by atoms with Crippen LogP contribution in [0.1, 0.15) is 23.1 Å². The molecule has 5 aromatic rings. The summed E-state index contributed by atoms with van der Waals surface area (Å²) in [6, 6.07) is 30.6. The zero-order chi connectivity index (χ0) is 32.4. The van der Waals surface area contributed by atoms with Gasteiger partial charge in [0.05, 0.1) is 5.39 Å². The molecule has 1 N–H and O–H groups in total. The quantitative estimate of drug-likeness (QED) is 0.203. The Morgan fingerprint density at radius 2 is 1.47 bits per heavy atom. The molecule has 8 nitrogen and oxygen atoms in total. The Kier molecular flexibility index (Phi) is 8.73. The molecule has 4 aromatic carbocycles. The molecule has 1 saturated heterocycles. The lowest BCUT2D eigenvalue weighted by molar-refractivity contribution is -0.0456. The predicted octanol–water partition coefficient (Wildman–Crippen LogP) is 5.95. The first-order chi connectivity index (χ1) is 22.9. The van der Waals surface area contributed by atoms with Crippen LogP contribution in [-0.2, 0) is 12.2 Å². The Balaban J connectivity index is 1.09. The molecule has 242 valence electrons. The minimum absolute atomic E-state index is 0.103. The highest BCUT2D eigenvalue weighted by Gasteiger charge is 2.47. The lowest BCUT2D eigenvalue weighted by atomic mass is 9.97. The maximum atomic E-state index is 13.4. The number of hydrogen-bond donors (Lipinski definition) is 1. The SMILES string of the molecule is CN(CCCc1ccc(-c2oc3c4c(ccc3c(=O)c2O)OC(c2ccccc2)(c2ccccc2)O4)cc1)CCN1CCN(C)CC1. The van der Waals surface area contributed by atoms with Gasteiger partial charge < -0.3 is 28.8 Å². The average molecular weight is 632 g/mol. The maximum Gasteiger partial charge on any atom is 0.305 e. The number of benzene rings is 4. The van der Waals surface area contributed by atoms with Crippen LogP contribution >= 0.6 is 0 Å². The third-order valence-corrected chi connectivity index (χ3v) is 9.38. The second kappa shape index (κ2) is 13.2. The van der Waals surface area contributed by atoms with Crippen LogP contribution in [-0.4, -0.2) is 79.7 Å². The highest BCUT2D eigenvalue weighted by Crippen LogP contribution is 2.51. The summed E-state index contributed by atoms with van der Waals surface area (Å²) in [5, 5.41) is 11.2. The molecule has 0 amide bonds. The van der Waals surface area contributed by atoms with Crippen molar-refractivity contribution in [1.29, 1.82) is 0 Å². The van der Waals surface area contributed by atoms with E-state index >= 15 is 0 Å². The fourth-order valence-corrected chi connectivity index (χ4v) is 6.49. The Bertz CT molecular complexity index is 1840. The van der Waals surface area contributed by atoms with Crippen LogP contribution in [0.5, 0.6) is 17.2 Å². The second-order valence-corrected chi connectivity index (χ2v) is 12.7. The van der Waals surface area contributed by atoms with E-state index in [1.54, 1.807) is 12.1 Å². The van der Waals surface area contributed by atoms with Crippen molar-refractivity contribution in [1.82, 2.24) is 14.7 Å². The van der Waals surface area contributed by atoms with Gasteiger partial charge in [-0.05, 0) is 51.2 Å². The van der Waals surface area contributed by atoms with Crippen molar-refractivity contribution >= 4 is 11.0 Å². The molecule has 0 atom stereocenters. The first-order valence-corrected chi connectivity index (χ1v) is 16.4. The van der Waals surface area contributed by atoms with Gasteiger partial charge >= 0.3 is 5.79 Å². The number of piperazine rings is 1. The lowest BCUT2D eigenvalue weighted by Gasteiger charge is -2.33. The lowest BCUT2D eigenvalue weighted by Crippen LogP contribution is -2.46. The van der Waals surface area contributed by atoms with Crippen molar-refractivity contribution in [2.75, 3.05) is 59.9 Å². The number of likely N-dealkylation sites (N-methyl/N-ethyl adjacent to an activating group) is 2. The van der Waals surface area contributed by atoms with Gasteiger partial charge in [0.25, 0.3) is 0 Å². The number of aromatic hydroxyl groups is 1. The Labute approximate surface area is 275 Å². The summed E-state index contributed by atoms with van der Waals surface area (Å²) in [7, 11) is 4.38. The molecular formula is C39H41N3O5. The number of aryl methyl sites for hydroxylation is 1. The van der Waals surface area contributed by atoms with E-state index < -0.39 is 17.0 Å². The molecule has 8 heteroatoms. The van der Waals surface area contributed by atoms with Gasteiger partial charge in [-0.2, -0.15) is 0 Å². The largest absolute Gasteiger partial charge is 0.502 e. The van der Waals surface area contributed by atoms with E-state index in [0.717, 1.165) is 69.8 Å². The van der Waals surface area contributed by atoms with E-state index in [4.69, 9.17) is 13.9 Å². The van der Waals surface area contributed by atoms with E-state index in [1.807, 2.05) is 84.9 Å². The number of hydrogen-bond acceptors (Lipinski definition) is 8. The summed E-state index contributed by atoms with van der Waals surface area (Å²) in [5.41, 5.74) is 3.12. The van der Waals surface area contributed by atoms with Crippen LogP contribution in [0.4, 0.5) is 0 Å². The molecule has 7 rings (SSSR count). The molecule has 1 fully saturated rings. The zero-order valence-electron chi connectivity index (χ0n) is 27.0. The van der Waals surface area contributed by atoms with Gasteiger partial charge in [0.1, 0.15) is 0 Å². The molecule has 0 radical (unpaired) electrons. The highest BCUT2D eigenvalue weighted by molar-refractivity contribution is 5.89. The molecule has 47 heavy (non-hydrogen) atoms. The van der Waals surface area contributed by atoms with Gasteiger partial charge in [-0.25, -0.2) is 0 Å². The summed E-state index contributed by atoms with van der Waals surface area (Å²) in [4.78, 5) is 20.8. The molecule has 0 bridgehead atoms. The maximum absolute atomic E-state index is 13.4. The summed E-state index contributed by atoms with van der Waals surface area (Å²) in [6.07, 6.45) is 1.98. The van der Waals surface area contributed by atoms with Crippen LogP contribution in [0.15, 0.2) is 106 Å². The Morgan fingerprint density at radius 3 is 2.13 bits per heavy atom. The van der Waals surface area contributed by atoms with E-state index in [2.05, 4.69) is 28.8 Å². The number of fused-ring (bicyclic) bond motifs is 3. The molecule has 0 saturated carbocycles. The molecular weight excluding hydrogens is 590 g/mol. The van der Waals surface area contributed by atoms with Crippen molar-refractivity contribution in [3.8, 4) is 28.6 Å². The first-order valence-electron chi connectivity index (χ1n) is 16.4. The van der Waals surface area contributed by atoms with E-state index in [-0.39, 0.29) is 16.7 Å². The van der Waals surface area contributed by atoms with E-state index in [9.17, 15) is 9.90 Å². The molecule has 2 aliphatic heterocycles. The monoisotopic (exact) mass is 631 g/mol. The number of ether oxygens (including phenoxy) is 2. The smallest absolute Gasteiger partial charge is 0.305 e. The summed E-state index contributed by atoms with van der Waals surface area (Å²) in [6.45, 7) is 7.79. The van der Waals surface area contributed by atoms with Gasteiger partial charge in [0.15, 0.2) is 17.1 Å². The first kappa shape index (κ1) is 31.0. The van der Waals surface area contributed by atoms with E-state index in [1.165, 1.54) is 5.56 Å². The molecule has 0 spiro atoms. The molecule has 3 heterocycles. The summed E-state index contributed by atoms with van der Waals surface area (Å²) < 4.78 is 19.5. The van der Waals surface area contributed by atoms with Crippen molar-refractivity contribution in [3.63, 3.8) is 0 Å². The normalized spacial score (nSPS) is 16.2. The van der Waals surface area contributed by atoms with Crippen molar-refractivity contribution in [2.45, 2.75) is 18.6 Å². The van der Waals surface area contributed by atoms with Gasteiger partial charge in [0, 0.05) is 56.0 Å². The minimum Gasteiger partial charge on any atom is -0.502 e. The minimum atomic E-state index is -1.27. The van der Waals surface area contributed by atoms with E-state index in [0.29, 0.717) is 17.1 Å². The van der Waals surface area contributed by atoms with Gasteiger partial charge in [0.2, 0.25) is 16.9 Å². The third kappa shape index (κ3) is 6.24. The van der Waals surface area contributed by atoms with Crippen molar-refractivity contribution < 1.29 is 19.0 Å². The topological polar surface area (TPSA) is 78.6 Å².